The van der Waals surface area contributed by atoms with Crippen LogP contribution in [0.5, 0.6) is 23.0 Å². The first-order chi connectivity index (χ1) is 36.3. The van der Waals surface area contributed by atoms with E-state index in [0.29, 0.717) is 5.52 Å². The number of rotatable bonds is 7. The summed E-state index contributed by atoms with van der Waals surface area (Å²) in [5.74, 6) is -10.4. The van der Waals surface area contributed by atoms with Crippen LogP contribution in [-0.4, -0.2) is 128 Å². The fraction of sp³-hybridized carbons (Fsp3) is 0.446. The Hall–Kier alpha value is -7.13. The number of esters is 1. The van der Waals surface area contributed by atoms with Crippen molar-refractivity contribution < 1.29 is 68.4 Å². The first kappa shape index (κ1) is 56.1. The first-order valence-corrected chi connectivity index (χ1v) is 25.8. The average molecular weight is 1090 g/mol. The Morgan fingerprint density at radius 3 is 2.27 bits per heavy atom. The molecule has 1 aliphatic carbocycles. The van der Waals surface area contributed by atoms with Gasteiger partial charge in [-0.3, -0.25) is 24.2 Å². The van der Waals surface area contributed by atoms with Gasteiger partial charge >= 0.3 is 11.8 Å². The summed E-state index contributed by atoms with van der Waals surface area (Å²) in [7, 11) is 1.41. The number of ketones is 1. The molecule has 5 heterocycles. The number of aromatic hydroxyl groups is 3. The van der Waals surface area contributed by atoms with E-state index in [1.807, 2.05) is 0 Å². The number of aliphatic hydroxyl groups excluding tert-OH is 3. The Balaban J connectivity index is 1.19. The largest absolute Gasteiger partial charge is 0.508 e. The van der Waals surface area contributed by atoms with Crippen LogP contribution in [0.1, 0.15) is 94.4 Å². The number of phenols is 3. The Morgan fingerprint density at radius 2 is 1.65 bits per heavy atom. The topological polar surface area (TPSA) is 262 Å². The second-order valence-electron chi connectivity index (χ2n) is 20.7. The second-order valence-corrected chi connectivity index (χ2v) is 21.1. The maximum Gasteiger partial charge on any atom is 0.312 e. The quantitative estimate of drug-likeness (QED) is 0.0305. The van der Waals surface area contributed by atoms with E-state index in [1.165, 1.54) is 59.4 Å². The zero-order chi connectivity index (χ0) is 56.3. The second kappa shape index (κ2) is 21.7. The van der Waals surface area contributed by atoms with Gasteiger partial charge in [0, 0.05) is 86.5 Å². The number of hydrogen-bond acceptors (Lipinski definition) is 17. The van der Waals surface area contributed by atoms with Gasteiger partial charge in [-0.25, -0.2) is 4.39 Å². The molecule has 21 heteroatoms. The fourth-order valence-electron chi connectivity index (χ4n) is 10.6. The molecule has 5 bridgehead atoms. The molecule has 0 unspecified atom stereocenters. The predicted octanol–water partition coefficient (Wildman–Crippen LogP) is 7.88. The molecular formula is C56H65ClFN5O14. The van der Waals surface area contributed by atoms with Crippen molar-refractivity contribution in [1.29, 1.82) is 0 Å². The Kier molecular flexibility index (Phi) is 15.8. The summed E-state index contributed by atoms with van der Waals surface area (Å²) in [5, 5.41) is 77.8. The van der Waals surface area contributed by atoms with E-state index in [0.717, 1.165) is 25.2 Å². The summed E-state index contributed by atoms with van der Waals surface area (Å²) < 4.78 is 41.7. The molecule has 1 saturated carbocycles. The standard InChI is InChI=1S/C56H65ClFN5O14/c1-25-12-11-13-26(2)55(73)60-43-35(23-59-62-19-17-61(18-20-62)45-37(58)22-34-44(42(45)57)63(33-14-15-33)24-36(31(7)64)49(34)69)50(70)39-40(51(43)71)48(68)30(6)53-41(39)54(72)56(9,77-53)75-21-16-38(74-10)27(3)52(76-32(8)65)29(5)47(67)28(4)46(25)66/h11-13,16,21-25,27-29,33,38,46-47,52,64,66-68,70-71H,7,14-15,17-20H2,1-6,8-10H3,(H,60,73)/b12-11+,21-16+,26-13-,59-23-/t25-,27+,28+,29+,38-,46-,47+,52+,56-/m0/s1. The van der Waals surface area contributed by atoms with Gasteiger partial charge < -0.3 is 64.4 Å². The van der Waals surface area contributed by atoms with E-state index in [1.54, 1.807) is 54.3 Å². The number of anilines is 2. The van der Waals surface area contributed by atoms with Crippen molar-refractivity contribution in [3.8, 4) is 23.0 Å². The number of halogens is 2. The number of aliphatic hydroxyl groups is 3. The summed E-state index contributed by atoms with van der Waals surface area (Å²) in [6.07, 6.45) is 7.42. The van der Waals surface area contributed by atoms with Crippen LogP contribution in [0.25, 0.3) is 27.4 Å². The molecule has 1 saturated heterocycles. The molecule has 0 spiro atoms. The number of pyridine rings is 1. The number of carbonyl (C=O) groups excluding carboxylic acids is 3. The lowest BCUT2D eigenvalue weighted by atomic mass is 9.78. The zero-order valence-corrected chi connectivity index (χ0v) is 45.0. The maximum atomic E-state index is 16.1. The highest BCUT2D eigenvalue weighted by Gasteiger charge is 2.50. The van der Waals surface area contributed by atoms with Crippen LogP contribution in [0.15, 0.2) is 64.9 Å². The van der Waals surface area contributed by atoms with Gasteiger partial charge in [0.2, 0.25) is 0 Å². The lowest BCUT2D eigenvalue weighted by Crippen LogP contribution is -2.46. The van der Waals surface area contributed by atoms with Gasteiger partial charge in [-0.05, 0) is 38.8 Å². The molecule has 5 aliphatic rings. The number of fused-ring (bicyclic) bond motifs is 15. The number of Topliss-reactive ketones (excluding diaryl/α,β-unsaturated/α-hetero) is 1. The third-order valence-electron chi connectivity index (χ3n) is 15.4. The first-order valence-electron chi connectivity index (χ1n) is 25.4. The van der Waals surface area contributed by atoms with Crippen LogP contribution >= 0.6 is 11.6 Å². The number of ether oxygens (including phenoxy) is 4. The highest BCUT2D eigenvalue weighted by molar-refractivity contribution is 6.38. The summed E-state index contributed by atoms with van der Waals surface area (Å²) in [5.41, 5.74) is -1.12. The van der Waals surface area contributed by atoms with Crippen molar-refractivity contribution in [1.82, 2.24) is 9.58 Å². The summed E-state index contributed by atoms with van der Waals surface area (Å²) in [4.78, 5) is 56.3. The van der Waals surface area contributed by atoms with E-state index >= 15 is 4.39 Å². The molecule has 2 fully saturated rings. The van der Waals surface area contributed by atoms with Gasteiger partial charge in [0.15, 0.2) is 11.2 Å². The molecule has 7 N–H and O–H groups in total. The van der Waals surface area contributed by atoms with Crippen LogP contribution in [0.4, 0.5) is 15.8 Å². The molecule has 19 nitrogen and oxygen atoms in total. The van der Waals surface area contributed by atoms with Crippen molar-refractivity contribution in [3.05, 3.63) is 98.3 Å². The molecule has 1 amide bonds. The Morgan fingerprint density at radius 1 is 0.974 bits per heavy atom. The highest BCUT2D eigenvalue weighted by atomic mass is 35.5. The van der Waals surface area contributed by atoms with E-state index in [9.17, 15) is 49.8 Å². The molecule has 0 radical (unpaired) electrons. The number of allylic oxidation sites excluding steroid dienone is 2. The number of amides is 1. The minimum Gasteiger partial charge on any atom is -0.508 e. The smallest absolute Gasteiger partial charge is 0.312 e. The normalized spacial score (nSPS) is 28.1. The predicted molar refractivity (Wildman–Crippen MR) is 288 cm³/mol. The maximum absolute atomic E-state index is 16.1. The average Bonchev–Trinajstić information content (AvgIpc) is 4.28. The van der Waals surface area contributed by atoms with Crippen molar-refractivity contribution >= 4 is 74.3 Å². The number of methoxy groups -OCH3 is 1. The Bertz CT molecular complexity index is 3270. The van der Waals surface area contributed by atoms with Gasteiger partial charge in [0.05, 0.1) is 93.3 Å². The number of hydrogen-bond donors (Lipinski definition) is 7. The van der Waals surface area contributed by atoms with Crippen LogP contribution < -0.4 is 20.4 Å². The van der Waals surface area contributed by atoms with Crippen molar-refractivity contribution in [2.45, 2.75) is 104 Å². The number of piperazine rings is 1. The van der Waals surface area contributed by atoms with E-state index in [4.69, 9.17) is 30.5 Å². The number of aromatic nitrogens is 1. The molecule has 9 atom stereocenters. The van der Waals surface area contributed by atoms with E-state index in [2.05, 4.69) is 17.0 Å². The van der Waals surface area contributed by atoms with Crippen molar-refractivity contribution in [2.75, 3.05) is 43.5 Å². The van der Waals surface area contributed by atoms with Crippen LogP contribution in [0.3, 0.4) is 0 Å². The van der Waals surface area contributed by atoms with Crippen LogP contribution in [0, 0.1) is 36.4 Å². The van der Waals surface area contributed by atoms with Gasteiger partial charge in [0.1, 0.15) is 34.9 Å². The number of phenolic OH excluding ortho intramolecular Hbond substituents is 3. The molecule has 412 valence electrons. The molecule has 77 heavy (non-hydrogen) atoms. The number of nitrogens with one attached hydrogen (secondary N) is 1. The summed E-state index contributed by atoms with van der Waals surface area (Å²) >= 11 is 6.98. The lowest BCUT2D eigenvalue weighted by molar-refractivity contribution is -0.160. The van der Waals surface area contributed by atoms with Crippen molar-refractivity contribution in [2.24, 2.45) is 28.8 Å². The molecule has 4 aromatic rings. The zero-order valence-electron chi connectivity index (χ0n) is 44.3. The van der Waals surface area contributed by atoms with E-state index in [-0.39, 0.29) is 93.0 Å². The van der Waals surface area contributed by atoms with Gasteiger partial charge in [-0.15, -0.1) is 0 Å². The highest BCUT2D eigenvalue weighted by Crippen LogP contribution is 2.55. The lowest BCUT2D eigenvalue weighted by Gasteiger charge is -2.38. The minimum absolute atomic E-state index is 0.00234. The third-order valence-corrected chi connectivity index (χ3v) is 15.7. The van der Waals surface area contributed by atoms with E-state index < -0.39 is 111 Å². The summed E-state index contributed by atoms with van der Waals surface area (Å²) in [6, 6.07) is 1.11. The van der Waals surface area contributed by atoms with Gasteiger partial charge in [-0.1, -0.05) is 64.1 Å². The number of carbonyl (C=O) groups is 3. The molecular weight excluding hydrogens is 1020 g/mol. The monoisotopic (exact) mass is 1090 g/mol. The van der Waals surface area contributed by atoms with Crippen molar-refractivity contribution in [3.63, 3.8) is 0 Å². The molecule has 3 aromatic carbocycles. The fourth-order valence-corrected chi connectivity index (χ4v) is 11.0. The van der Waals surface area contributed by atoms with Gasteiger partial charge in [0.25, 0.3) is 11.7 Å². The number of benzene rings is 3. The molecule has 9 rings (SSSR count). The third kappa shape index (κ3) is 10.3. The SMILES string of the molecule is C=C(O)c1cn(C2CC2)c2c(Cl)c(N3CCN(/N=C\c4c5c(O)c6c(O)c(C)c7c(c6c4O)C(=O)[C@@](C)(O/C=C/[C@H](OC)[C@@H](C)[C@@H](OC(C)=O)[C@H](C)[C@H](O)[C@H](C)[C@@H](O)[C@@H](C)/C=C/C=C(/C)C(=O)N5)O7)CC3)c(F)cc2c1=O. The number of hydrazone groups is 1. The van der Waals surface area contributed by atoms with Crippen LogP contribution in [-0.2, 0) is 23.8 Å². The number of nitrogens with zero attached hydrogens (tertiary/aromatic N) is 4. The molecule has 1 aromatic heterocycles. The molecule has 4 aliphatic heterocycles. The van der Waals surface area contributed by atoms with Crippen LogP contribution in [0.2, 0.25) is 5.02 Å². The minimum atomic E-state index is -2.14. The Labute approximate surface area is 448 Å². The van der Waals surface area contributed by atoms with Gasteiger partial charge in [-0.2, -0.15) is 5.10 Å². The summed E-state index contributed by atoms with van der Waals surface area (Å²) in [6.45, 7) is 16.4.